The van der Waals surface area contributed by atoms with Crippen molar-refractivity contribution < 1.29 is 4.79 Å². The first-order valence-corrected chi connectivity index (χ1v) is 5.92. The van der Waals surface area contributed by atoms with Gasteiger partial charge in [-0.05, 0) is 25.7 Å². The van der Waals surface area contributed by atoms with Gasteiger partial charge in [0.15, 0.2) is 0 Å². The van der Waals surface area contributed by atoms with E-state index in [1.165, 1.54) is 19.3 Å². The fraction of sp³-hybridized carbons (Fsp3) is 0.917. The Hall–Kier alpha value is -0.530. The molecule has 1 aliphatic carbocycles. The van der Waals surface area contributed by atoms with Gasteiger partial charge in [0.1, 0.15) is 0 Å². The van der Waals surface area contributed by atoms with Crippen LogP contribution in [0.2, 0.25) is 0 Å². The SMILES string of the molecule is CCNC(=O)C1(C(C)C)CCCCC1. The van der Waals surface area contributed by atoms with Gasteiger partial charge in [-0.2, -0.15) is 0 Å². The van der Waals surface area contributed by atoms with Crippen LogP contribution in [0.25, 0.3) is 0 Å². The van der Waals surface area contributed by atoms with Crippen LogP contribution in [0.3, 0.4) is 0 Å². The molecule has 0 atom stereocenters. The number of rotatable bonds is 3. The van der Waals surface area contributed by atoms with Crippen molar-refractivity contribution in [3.8, 4) is 0 Å². The molecule has 0 spiro atoms. The molecule has 14 heavy (non-hydrogen) atoms. The van der Waals surface area contributed by atoms with Gasteiger partial charge in [-0.3, -0.25) is 4.79 Å². The van der Waals surface area contributed by atoms with Crippen molar-refractivity contribution in [3.05, 3.63) is 0 Å². The summed E-state index contributed by atoms with van der Waals surface area (Å²) in [6.45, 7) is 7.11. The summed E-state index contributed by atoms with van der Waals surface area (Å²) in [6.07, 6.45) is 5.89. The summed E-state index contributed by atoms with van der Waals surface area (Å²) in [5, 5.41) is 3.00. The van der Waals surface area contributed by atoms with Gasteiger partial charge in [0.05, 0.1) is 5.41 Å². The third-order valence-electron chi connectivity index (χ3n) is 3.64. The van der Waals surface area contributed by atoms with Crippen LogP contribution in [0.1, 0.15) is 52.9 Å². The summed E-state index contributed by atoms with van der Waals surface area (Å²) in [5.74, 6) is 0.754. The number of carbonyl (C=O) groups excluding carboxylic acids is 1. The lowest BCUT2D eigenvalue weighted by atomic mass is 9.66. The van der Waals surface area contributed by atoms with Crippen LogP contribution in [0.5, 0.6) is 0 Å². The van der Waals surface area contributed by atoms with E-state index >= 15 is 0 Å². The van der Waals surface area contributed by atoms with Gasteiger partial charge in [0, 0.05) is 6.54 Å². The molecule has 1 rings (SSSR count). The van der Waals surface area contributed by atoms with E-state index in [1.54, 1.807) is 0 Å². The van der Waals surface area contributed by atoms with Gasteiger partial charge < -0.3 is 5.32 Å². The number of hydrogen-bond acceptors (Lipinski definition) is 1. The van der Waals surface area contributed by atoms with Gasteiger partial charge in [0.2, 0.25) is 5.91 Å². The molecule has 2 heteroatoms. The lowest BCUT2D eigenvalue weighted by Crippen LogP contribution is -2.45. The molecule has 0 heterocycles. The maximum Gasteiger partial charge on any atom is 0.226 e. The molecule has 0 aliphatic heterocycles. The first kappa shape index (κ1) is 11.5. The van der Waals surface area contributed by atoms with Crippen LogP contribution < -0.4 is 5.32 Å². The zero-order chi connectivity index (χ0) is 10.6. The highest BCUT2D eigenvalue weighted by atomic mass is 16.2. The molecule has 1 saturated carbocycles. The van der Waals surface area contributed by atoms with E-state index in [2.05, 4.69) is 19.2 Å². The number of amides is 1. The Kier molecular flexibility index (Phi) is 3.97. The lowest BCUT2D eigenvalue weighted by Gasteiger charge is -2.39. The molecular formula is C12H23NO. The maximum atomic E-state index is 12.1. The smallest absolute Gasteiger partial charge is 0.226 e. The first-order chi connectivity index (χ1) is 6.63. The monoisotopic (exact) mass is 197 g/mol. The van der Waals surface area contributed by atoms with E-state index in [-0.39, 0.29) is 11.3 Å². The Bertz CT molecular complexity index is 192. The van der Waals surface area contributed by atoms with Crippen LogP contribution in [0.15, 0.2) is 0 Å². The summed E-state index contributed by atoms with van der Waals surface area (Å²) in [5.41, 5.74) is -0.0612. The quantitative estimate of drug-likeness (QED) is 0.740. The predicted octanol–water partition coefficient (Wildman–Crippen LogP) is 2.73. The second-order valence-corrected chi connectivity index (χ2v) is 4.73. The highest BCUT2D eigenvalue weighted by molar-refractivity contribution is 5.82. The highest BCUT2D eigenvalue weighted by Gasteiger charge is 2.41. The van der Waals surface area contributed by atoms with Gasteiger partial charge in [-0.15, -0.1) is 0 Å². The van der Waals surface area contributed by atoms with Crippen molar-refractivity contribution in [2.24, 2.45) is 11.3 Å². The fourth-order valence-corrected chi connectivity index (χ4v) is 2.59. The Morgan fingerprint density at radius 1 is 1.29 bits per heavy atom. The van der Waals surface area contributed by atoms with Gasteiger partial charge in [-0.1, -0.05) is 33.1 Å². The minimum absolute atomic E-state index is 0.0612. The molecule has 1 amide bonds. The molecule has 0 unspecified atom stereocenters. The molecular weight excluding hydrogens is 174 g/mol. The van der Waals surface area contributed by atoms with Crippen molar-refractivity contribution >= 4 is 5.91 Å². The van der Waals surface area contributed by atoms with Crippen molar-refractivity contribution in [2.75, 3.05) is 6.54 Å². The molecule has 1 fully saturated rings. The second-order valence-electron chi connectivity index (χ2n) is 4.73. The number of carbonyl (C=O) groups is 1. The van der Waals surface area contributed by atoms with Crippen LogP contribution >= 0.6 is 0 Å². The number of hydrogen-bond donors (Lipinski definition) is 1. The van der Waals surface area contributed by atoms with E-state index in [4.69, 9.17) is 0 Å². The summed E-state index contributed by atoms with van der Waals surface area (Å²) < 4.78 is 0. The van der Waals surface area contributed by atoms with E-state index in [9.17, 15) is 4.79 Å². The zero-order valence-corrected chi connectivity index (χ0v) is 9.73. The van der Waals surface area contributed by atoms with Gasteiger partial charge in [0.25, 0.3) is 0 Å². The van der Waals surface area contributed by atoms with E-state index in [0.717, 1.165) is 19.4 Å². The average molecular weight is 197 g/mol. The maximum absolute atomic E-state index is 12.1. The van der Waals surface area contributed by atoms with Crippen LogP contribution in [-0.2, 0) is 4.79 Å². The standard InChI is InChI=1S/C12H23NO/c1-4-13-11(14)12(10(2)3)8-6-5-7-9-12/h10H,4-9H2,1-3H3,(H,13,14). The Balaban J connectivity index is 2.74. The summed E-state index contributed by atoms with van der Waals surface area (Å²) in [4.78, 5) is 12.1. The van der Waals surface area contributed by atoms with Crippen molar-refractivity contribution in [1.29, 1.82) is 0 Å². The molecule has 0 radical (unpaired) electrons. The zero-order valence-electron chi connectivity index (χ0n) is 9.73. The average Bonchev–Trinajstić information content (AvgIpc) is 2.19. The molecule has 0 aromatic heterocycles. The van der Waals surface area contributed by atoms with Crippen LogP contribution in [-0.4, -0.2) is 12.5 Å². The van der Waals surface area contributed by atoms with Crippen molar-refractivity contribution in [3.63, 3.8) is 0 Å². The van der Waals surface area contributed by atoms with Crippen LogP contribution in [0, 0.1) is 11.3 Å². The Morgan fingerprint density at radius 2 is 1.86 bits per heavy atom. The largest absolute Gasteiger partial charge is 0.356 e. The predicted molar refractivity (Wildman–Crippen MR) is 59.0 cm³/mol. The lowest BCUT2D eigenvalue weighted by molar-refractivity contribution is -0.135. The summed E-state index contributed by atoms with van der Waals surface area (Å²) in [7, 11) is 0. The van der Waals surface area contributed by atoms with E-state index in [0.29, 0.717) is 5.92 Å². The molecule has 0 aromatic rings. The molecule has 0 bridgehead atoms. The molecule has 0 aromatic carbocycles. The third-order valence-corrected chi connectivity index (χ3v) is 3.64. The van der Waals surface area contributed by atoms with Crippen molar-refractivity contribution in [2.45, 2.75) is 52.9 Å². The Labute approximate surface area is 87.5 Å². The summed E-state index contributed by atoms with van der Waals surface area (Å²) >= 11 is 0. The number of nitrogens with one attached hydrogen (secondary N) is 1. The minimum atomic E-state index is -0.0612. The minimum Gasteiger partial charge on any atom is -0.356 e. The normalized spacial score (nSPS) is 20.9. The second kappa shape index (κ2) is 4.81. The highest BCUT2D eigenvalue weighted by Crippen LogP contribution is 2.42. The third kappa shape index (κ3) is 2.10. The molecule has 0 saturated heterocycles. The molecule has 1 aliphatic rings. The van der Waals surface area contributed by atoms with E-state index < -0.39 is 0 Å². The summed E-state index contributed by atoms with van der Waals surface area (Å²) in [6, 6.07) is 0. The molecule has 82 valence electrons. The Morgan fingerprint density at radius 3 is 2.29 bits per heavy atom. The van der Waals surface area contributed by atoms with Crippen molar-refractivity contribution in [1.82, 2.24) is 5.32 Å². The van der Waals surface area contributed by atoms with Gasteiger partial charge in [-0.25, -0.2) is 0 Å². The van der Waals surface area contributed by atoms with E-state index in [1.807, 2.05) is 6.92 Å². The molecule has 2 nitrogen and oxygen atoms in total. The van der Waals surface area contributed by atoms with Gasteiger partial charge >= 0.3 is 0 Å². The fourth-order valence-electron chi connectivity index (χ4n) is 2.59. The topological polar surface area (TPSA) is 29.1 Å². The first-order valence-electron chi connectivity index (χ1n) is 5.92. The molecule has 1 N–H and O–H groups in total. The van der Waals surface area contributed by atoms with Crippen LogP contribution in [0.4, 0.5) is 0 Å².